The summed E-state index contributed by atoms with van der Waals surface area (Å²) in [5, 5.41) is 0. The summed E-state index contributed by atoms with van der Waals surface area (Å²) in [6.07, 6.45) is 6.13. The van der Waals surface area contributed by atoms with Crippen molar-refractivity contribution < 1.29 is 9.53 Å². The first kappa shape index (κ1) is 20.6. The number of carbonyl (C=O) groups excluding carboxylic acids is 1. The molecule has 4 heteroatoms. The molecule has 4 nitrogen and oxygen atoms in total. The standard InChI is InChI=1S/C27H34N2O2/c1-19-12-23(15-25-26(19)18-29(27(25)30)17-21-6-7-21)13-20-8-10-28(11-9-20)16-22-4-3-5-24(14-22)31-2/h3-5,12,14-15,20-21H,6-11,13,16-18H2,1-2H3. The van der Waals surface area contributed by atoms with Gasteiger partial charge in [0.25, 0.3) is 5.91 Å². The highest BCUT2D eigenvalue weighted by Crippen LogP contribution is 2.35. The third-order valence-electron chi connectivity index (χ3n) is 7.35. The van der Waals surface area contributed by atoms with Crippen molar-refractivity contribution in [2.75, 3.05) is 26.7 Å². The normalized spacial score (nSPS) is 19.7. The Bertz CT molecular complexity index is 958. The van der Waals surface area contributed by atoms with Crippen molar-refractivity contribution in [1.82, 2.24) is 9.80 Å². The van der Waals surface area contributed by atoms with Crippen LogP contribution in [0, 0.1) is 18.8 Å². The Hall–Kier alpha value is -2.33. The molecule has 5 rings (SSSR count). The highest BCUT2D eigenvalue weighted by atomic mass is 16.5. The second-order valence-electron chi connectivity index (χ2n) is 9.84. The van der Waals surface area contributed by atoms with Gasteiger partial charge in [0.05, 0.1) is 7.11 Å². The molecule has 2 aromatic carbocycles. The number of hydrogen-bond donors (Lipinski definition) is 0. The fourth-order valence-corrected chi connectivity index (χ4v) is 5.31. The lowest BCUT2D eigenvalue weighted by Gasteiger charge is -2.32. The number of benzene rings is 2. The van der Waals surface area contributed by atoms with Crippen LogP contribution < -0.4 is 4.74 Å². The molecule has 0 N–H and O–H groups in total. The minimum absolute atomic E-state index is 0.264. The second-order valence-corrected chi connectivity index (χ2v) is 9.84. The number of rotatable bonds is 7. The van der Waals surface area contributed by atoms with Crippen LogP contribution in [0.3, 0.4) is 0 Å². The largest absolute Gasteiger partial charge is 0.497 e. The van der Waals surface area contributed by atoms with Crippen molar-refractivity contribution in [3.63, 3.8) is 0 Å². The molecule has 1 saturated carbocycles. The van der Waals surface area contributed by atoms with E-state index >= 15 is 0 Å². The van der Waals surface area contributed by atoms with E-state index in [1.807, 2.05) is 6.07 Å². The first-order chi connectivity index (χ1) is 15.1. The number of piperidine rings is 1. The molecule has 2 fully saturated rings. The fraction of sp³-hybridized carbons (Fsp3) is 0.519. The van der Waals surface area contributed by atoms with Gasteiger partial charge in [0.2, 0.25) is 0 Å². The van der Waals surface area contributed by atoms with Gasteiger partial charge in [0, 0.05) is 25.2 Å². The molecule has 1 amide bonds. The summed E-state index contributed by atoms with van der Waals surface area (Å²) in [5.41, 5.74) is 6.22. The van der Waals surface area contributed by atoms with Gasteiger partial charge in [0.15, 0.2) is 0 Å². The molecule has 0 unspecified atom stereocenters. The van der Waals surface area contributed by atoms with Crippen molar-refractivity contribution in [2.45, 2.75) is 52.1 Å². The number of fused-ring (bicyclic) bond motifs is 1. The topological polar surface area (TPSA) is 32.8 Å². The lowest BCUT2D eigenvalue weighted by molar-refractivity contribution is 0.0771. The minimum Gasteiger partial charge on any atom is -0.497 e. The summed E-state index contributed by atoms with van der Waals surface area (Å²) < 4.78 is 5.36. The third kappa shape index (κ3) is 4.64. The van der Waals surface area contributed by atoms with E-state index in [1.54, 1.807) is 7.11 Å². The summed E-state index contributed by atoms with van der Waals surface area (Å²) in [5.74, 6) is 2.66. The number of aryl methyl sites for hydroxylation is 1. The maximum Gasteiger partial charge on any atom is 0.254 e. The highest BCUT2D eigenvalue weighted by molar-refractivity contribution is 5.99. The highest BCUT2D eigenvalue weighted by Gasteiger charge is 2.33. The van der Waals surface area contributed by atoms with Gasteiger partial charge in [-0.2, -0.15) is 0 Å². The van der Waals surface area contributed by atoms with Crippen LogP contribution in [0.15, 0.2) is 36.4 Å². The van der Waals surface area contributed by atoms with Gasteiger partial charge in [-0.15, -0.1) is 0 Å². The Kier molecular flexibility index (Phi) is 5.75. The van der Waals surface area contributed by atoms with E-state index in [1.165, 1.54) is 47.9 Å². The summed E-state index contributed by atoms with van der Waals surface area (Å²) in [7, 11) is 1.73. The molecule has 31 heavy (non-hydrogen) atoms. The van der Waals surface area contributed by atoms with Crippen LogP contribution in [0.1, 0.15) is 58.3 Å². The van der Waals surface area contributed by atoms with Crippen LogP contribution in [0.2, 0.25) is 0 Å². The SMILES string of the molecule is COc1cccc(CN2CCC(Cc3cc(C)c4c(c3)C(=O)N(CC3CC3)C4)CC2)c1. The molecule has 2 aliphatic heterocycles. The van der Waals surface area contributed by atoms with E-state index in [2.05, 4.69) is 47.1 Å². The third-order valence-corrected chi connectivity index (χ3v) is 7.35. The van der Waals surface area contributed by atoms with Crippen LogP contribution >= 0.6 is 0 Å². The molecule has 164 valence electrons. The van der Waals surface area contributed by atoms with Gasteiger partial charge < -0.3 is 9.64 Å². The summed E-state index contributed by atoms with van der Waals surface area (Å²) in [6, 6.07) is 13.0. The summed E-state index contributed by atoms with van der Waals surface area (Å²) in [4.78, 5) is 17.6. The number of ether oxygens (including phenoxy) is 1. The van der Waals surface area contributed by atoms with Gasteiger partial charge in [-0.1, -0.05) is 18.2 Å². The van der Waals surface area contributed by atoms with Crippen LogP contribution in [-0.2, 0) is 19.5 Å². The van der Waals surface area contributed by atoms with E-state index in [0.29, 0.717) is 5.92 Å². The molecule has 2 aromatic rings. The minimum atomic E-state index is 0.264. The smallest absolute Gasteiger partial charge is 0.254 e. The zero-order valence-electron chi connectivity index (χ0n) is 18.9. The molecule has 0 bridgehead atoms. The predicted molar refractivity (Wildman–Crippen MR) is 123 cm³/mol. The first-order valence-corrected chi connectivity index (χ1v) is 11.9. The number of hydrogen-bond acceptors (Lipinski definition) is 3. The van der Waals surface area contributed by atoms with E-state index < -0.39 is 0 Å². The molecule has 0 radical (unpaired) electrons. The zero-order valence-corrected chi connectivity index (χ0v) is 18.9. The van der Waals surface area contributed by atoms with Crippen molar-refractivity contribution in [1.29, 1.82) is 0 Å². The second kappa shape index (κ2) is 8.66. The molecule has 1 saturated heterocycles. The fourth-order valence-electron chi connectivity index (χ4n) is 5.31. The van der Waals surface area contributed by atoms with E-state index in [0.717, 1.165) is 56.4 Å². The average Bonchev–Trinajstić information content (AvgIpc) is 3.54. The quantitative estimate of drug-likeness (QED) is 0.646. The maximum atomic E-state index is 12.9. The molecule has 1 aliphatic carbocycles. The molecular formula is C27H34N2O2. The molecule has 0 atom stereocenters. The molecule has 0 aromatic heterocycles. The monoisotopic (exact) mass is 418 g/mol. The van der Waals surface area contributed by atoms with Gasteiger partial charge in [-0.05, 0) is 104 Å². The zero-order chi connectivity index (χ0) is 21.4. The lowest BCUT2D eigenvalue weighted by Crippen LogP contribution is -2.33. The Morgan fingerprint density at radius 2 is 1.81 bits per heavy atom. The first-order valence-electron chi connectivity index (χ1n) is 11.9. The summed E-state index contributed by atoms with van der Waals surface area (Å²) in [6.45, 7) is 7.23. The number of likely N-dealkylation sites (tertiary alicyclic amines) is 1. The van der Waals surface area contributed by atoms with Crippen LogP contribution in [0.5, 0.6) is 5.75 Å². The number of methoxy groups -OCH3 is 1. The van der Waals surface area contributed by atoms with E-state index in [-0.39, 0.29) is 5.91 Å². The van der Waals surface area contributed by atoms with Crippen molar-refractivity contribution in [2.24, 2.45) is 11.8 Å². The Balaban J connectivity index is 1.18. The van der Waals surface area contributed by atoms with Gasteiger partial charge in [-0.3, -0.25) is 9.69 Å². The molecular weight excluding hydrogens is 384 g/mol. The van der Waals surface area contributed by atoms with Crippen LogP contribution in [0.4, 0.5) is 0 Å². The molecule has 0 spiro atoms. The van der Waals surface area contributed by atoms with Crippen LogP contribution in [-0.4, -0.2) is 42.5 Å². The van der Waals surface area contributed by atoms with E-state index in [9.17, 15) is 4.79 Å². The number of carbonyl (C=O) groups is 1. The Labute approximate surface area is 186 Å². The van der Waals surface area contributed by atoms with Crippen molar-refractivity contribution in [3.8, 4) is 5.75 Å². The summed E-state index contributed by atoms with van der Waals surface area (Å²) >= 11 is 0. The van der Waals surface area contributed by atoms with Gasteiger partial charge >= 0.3 is 0 Å². The predicted octanol–water partition coefficient (Wildman–Crippen LogP) is 4.82. The van der Waals surface area contributed by atoms with Gasteiger partial charge in [-0.25, -0.2) is 0 Å². The number of amides is 1. The van der Waals surface area contributed by atoms with Crippen molar-refractivity contribution >= 4 is 5.91 Å². The number of nitrogens with zero attached hydrogens (tertiary/aromatic N) is 2. The molecule has 2 heterocycles. The maximum absolute atomic E-state index is 12.9. The lowest BCUT2D eigenvalue weighted by atomic mass is 9.88. The van der Waals surface area contributed by atoms with Gasteiger partial charge in [0.1, 0.15) is 5.75 Å². The average molecular weight is 419 g/mol. The Morgan fingerprint density at radius 1 is 1.00 bits per heavy atom. The Morgan fingerprint density at radius 3 is 2.55 bits per heavy atom. The molecule has 3 aliphatic rings. The van der Waals surface area contributed by atoms with E-state index in [4.69, 9.17) is 4.74 Å². The van der Waals surface area contributed by atoms with Crippen LogP contribution in [0.25, 0.3) is 0 Å². The van der Waals surface area contributed by atoms with Crippen molar-refractivity contribution in [3.05, 3.63) is 64.2 Å².